The van der Waals surface area contributed by atoms with E-state index in [2.05, 4.69) is 0 Å². The molecule has 1 unspecified atom stereocenters. The van der Waals surface area contributed by atoms with Gasteiger partial charge in [0.15, 0.2) is 0 Å². The lowest BCUT2D eigenvalue weighted by molar-refractivity contribution is 0.267. The van der Waals surface area contributed by atoms with Crippen LogP contribution in [0.25, 0.3) is 0 Å². The van der Waals surface area contributed by atoms with Gasteiger partial charge in [-0.25, -0.2) is 4.39 Å². The third-order valence-electron chi connectivity index (χ3n) is 2.38. The van der Waals surface area contributed by atoms with Gasteiger partial charge in [-0.3, -0.25) is 0 Å². The van der Waals surface area contributed by atoms with Gasteiger partial charge in [0.2, 0.25) is 0 Å². The molecule has 90 valence electrons. The Morgan fingerprint density at radius 3 is 2.75 bits per heavy atom. The summed E-state index contributed by atoms with van der Waals surface area (Å²) in [4.78, 5) is 1.73. The number of aliphatic hydroxyl groups excluding tert-OH is 1. The highest BCUT2D eigenvalue weighted by Gasteiger charge is 2.12. The minimum absolute atomic E-state index is 0.115. The van der Waals surface area contributed by atoms with E-state index in [9.17, 15) is 4.39 Å². The number of rotatable bonds is 4. The molecule has 1 aromatic carbocycles. The highest BCUT2D eigenvalue weighted by molar-refractivity contribution is 6.33. The zero-order valence-electron chi connectivity index (χ0n) is 9.37. The van der Waals surface area contributed by atoms with Crippen LogP contribution in [0.4, 0.5) is 10.1 Å². The molecule has 0 saturated carbocycles. The van der Waals surface area contributed by atoms with Crippen molar-refractivity contribution in [3.05, 3.63) is 28.5 Å². The van der Waals surface area contributed by atoms with Crippen molar-refractivity contribution in [2.75, 3.05) is 25.1 Å². The Bertz CT molecular complexity index is 373. The molecule has 16 heavy (non-hydrogen) atoms. The van der Waals surface area contributed by atoms with E-state index in [1.54, 1.807) is 24.9 Å². The lowest BCUT2D eigenvalue weighted by Gasteiger charge is -2.23. The van der Waals surface area contributed by atoms with Crippen LogP contribution in [-0.4, -0.2) is 31.3 Å². The molecule has 1 aromatic rings. The Morgan fingerprint density at radius 1 is 1.56 bits per heavy atom. The lowest BCUT2D eigenvalue weighted by atomic mass is 10.2. The molecule has 0 bridgehead atoms. The van der Waals surface area contributed by atoms with Gasteiger partial charge in [0, 0.05) is 19.6 Å². The summed E-state index contributed by atoms with van der Waals surface area (Å²) in [6, 6.07) is 2.58. The molecular formula is C11H16ClFN2O. The van der Waals surface area contributed by atoms with Crippen LogP contribution in [0.15, 0.2) is 12.1 Å². The average Bonchev–Trinajstić information content (AvgIpc) is 2.23. The minimum atomic E-state index is -0.370. The second kappa shape index (κ2) is 5.48. The third-order valence-corrected chi connectivity index (χ3v) is 2.68. The van der Waals surface area contributed by atoms with Crippen molar-refractivity contribution in [3.63, 3.8) is 0 Å². The summed E-state index contributed by atoms with van der Waals surface area (Å²) < 4.78 is 13.4. The first kappa shape index (κ1) is 13.2. The summed E-state index contributed by atoms with van der Waals surface area (Å²) in [5.41, 5.74) is 6.69. The van der Waals surface area contributed by atoms with E-state index in [-0.39, 0.29) is 18.5 Å². The Kier molecular flexibility index (Phi) is 4.53. The number of likely N-dealkylation sites (N-methyl/N-ethyl adjacent to an activating group) is 1. The van der Waals surface area contributed by atoms with Crippen LogP contribution in [0.2, 0.25) is 5.02 Å². The lowest BCUT2D eigenvalue weighted by Crippen LogP contribution is -2.38. The number of anilines is 1. The van der Waals surface area contributed by atoms with Gasteiger partial charge in [-0.1, -0.05) is 11.6 Å². The molecule has 0 fully saturated rings. The first-order valence-electron chi connectivity index (χ1n) is 4.99. The van der Waals surface area contributed by atoms with Gasteiger partial charge in [0.1, 0.15) is 5.82 Å². The van der Waals surface area contributed by atoms with Gasteiger partial charge in [-0.2, -0.15) is 0 Å². The predicted octanol–water partition coefficient (Wildman–Crippen LogP) is 1.54. The molecule has 0 spiro atoms. The van der Waals surface area contributed by atoms with Gasteiger partial charge in [0.05, 0.1) is 17.3 Å². The van der Waals surface area contributed by atoms with E-state index in [0.717, 1.165) is 0 Å². The molecule has 1 rings (SSSR count). The van der Waals surface area contributed by atoms with Crippen LogP contribution in [0.3, 0.4) is 0 Å². The van der Waals surface area contributed by atoms with Crippen LogP contribution in [-0.2, 0) is 0 Å². The first-order chi connectivity index (χ1) is 7.45. The molecule has 0 aliphatic heterocycles. The number of hydrogen-bond acceptors (Lipinski definition) is 3. The summed E-state index contributed by atoms with van der Waals surface area (Å²) in [5, 5.41) is 9.32. The fourth-order valence-electron chi connectivity index (χ4n) is 1.44. The molecule has 0 saturated heterocycles. The zero-order valence-corrected chi connectivity index (χ0v) is 10.1. The molecule has 0 radical (unpaired) electrons. The van der Waals surface area contributed by atoms with E-state index in [4.69, 9.17) is 22.4 Å². The number of benzene rings is 1. The van der Waals surface area contributed by atoms with E-state index >= 15 is 0 Å². The molecular weight excluding hydrogens is 231 g/mol. The fraction of sp³-hybridized carbons (Fsp3) is 0.455. The smallest absolute Gasteiger partial charge is 0.128 e. The standard InChI is InChI=1S/C11H16ClFN2O/c1-7-3-9(12)11(4-10(7)13)15(2)5-8(14)6-16/h3-4,8,16H,5-6,14H2,1-2H3. The third kappa shape index (κ3) is 3.07. The van der Waals surface area contributed by atoms with Crippen molar-refractivity contribution in [2.24, 2.45) is 5.73 Å². The summed E-state index contributed by atoms with van der Waals surface area (Å²) in [6.45, 7) is 1.96. The van der Waals surface area contributed by atoms with Crippen LogP contribution in [0.1, 0.15) is 5.56 Å². The monoisotopic (exact) mass is 246 g/mol. The van der Waals surface area contributed by atoms with Gasteiger partial charge >= 0.3 is 0 Å². The summed E-state index contributed by atoms with van der Waals surface area (Å²) in [5.74, 6) is -0.302. The summed E-state index contributed by atoms with van der Waals surface area (Å²) >= 11 is 6.01. The van der Waals surface area contributed by atoms with E-state index in [0.29, 0.717) is 22.8 Å². The second-order valence-corrected chi connectivity index (χ2v) is 4.28. The Balaban J connectivity index is 2.91. The maximum absolute atomic E-state index is 13.4. The zero-order chi connectivity index (χ0) is 12.3. The fourth-order valence-corrected chi connectivity index (χ4v) is 1.80. The van der Waals surface area contributed by atoms with Crippen molar-refractivity contribution in [1.29, 1.82) is 0 Å². The molecule has 1 atom stereocenters. The molecule has 3 nitrogen and oxygen atoms in total. The molecule has 3 N–H and O–H groups in total. The van der Waals surface area contributed by atoms with Crippen LogP contribution in [0.5, 0.6) is 0 Å². The number of hydrogen-bond donors (Lipinski definition) is 2. The number of aliphatic hydroxyl groups is 1. The Labute approximate surface area is 99.6 Å². The van der Waals surface area contributed by atoms with Gasteiger partial charge in [-0.05, 0) is 24.6 Å². The minimum Gasteiger partial charge on any atom is -0.395 e. The topological polar surface area (TPSA) is 49.5 Å². The van der Waals surface area contributed by atoms with Crippen molar-refractivity contribution >= 4 is 17.3 Å². The number of halogens is 2. The van der Waals surface area contributed by atoms with E-state index < -0.39 is 0 Å². The van der Waals surface area contributed by atoms with Crippen molar-refractivity contribution in [3.8, 4) is 0 Å². The van der Waals surface area contributed by atoms with Crippen LogP contribution < -0.4 is 10.6 Å². The molecule has 0 aliphatic carbocycles. The van der Waals surface area contributed by atoms with E-state index in [1.165, 1.54) is 6.07 Å². The maximum atomic E-state index is 13.4. The number of aryl methyl sites for hydroxylation is 1. The molecule has 5 heteroatoms. The van der Waals surface area contributed by atoms with Crippen molar-refractivity contribution in [1.82, 2.24) is 0 Å². The second-order valence-electron chi connectivity index (χ2n) is 3.88. The van der Waals surface area contributed by atoms with Crippen LogP contribution >= 0.6 is 11.6 Å². The highest BCUT2D eigenvalue weighted by atomic mass is 35.5. The average molecular weight is 247 g/mol. The Hall–Kier alpha value is -0.840. The van der Waals surface area contributed by atoms with Gasteiger partial charge in [0.25, 0.3) is 0 Å². The quantitative estimate of drug-likeness (QED) is 0.848. The number of nitrogens with zero attached hydrogens (tertiary/aromatic N) is 1. The summed E-state index contributed by atoms with van der Waals surface area (Å²) in [6.07, 6.45) is 0. The number of nitrogens with two attached hydrogens (primary N) is 1. The normalized spacial score (nSPS) is 12.6. The van der Waals surface area contributed by atoms with E-state index in [1.807, 2.05) is 0 Å². The maximum Gasteiger partial charge on any atom is 0.128 e. The van der Waals surface area contributed by atoms with Crippen molar-refractivity contribution < 1.29 is 9.50 Å². The van der Waals surface area contributed by atoms with Gasteiger partial charge in [-0.15, -0.1) is 0 Å². The predicted molar refractivity (Wildman–Crippen MR) is 64.5 cm³/mol. The van der Waals surface area contributed by atoms with Crippen molar-refractivity contribution in [2.45, 2.75) is 13.0 Å². The van der Waals surface area contributed by atoms with Crippen LogP contribution in [0, 0.1) is 12.7 Å². The van der Waals surface area contributed by atoms with Gasteiger partial charge < -0.3 is 15.7 Å². The SMILES string of the molecule is Cc1cc(Cl)c(N(C)CC(N)CO)cc1F. The molecule has 0 aliphatic rings. The first-order valence-corrected chi connectivity index (χ1v) is 5.36. The highest BCUT2D eigenvalue weighted by Crippen LogP contribution is 2.27. The summed E-state index contributed by atoms with van der Waals surface area (Å²) in [7, 11) is 1.76. The molecule has 0 heterocycles. The molecule has 0 amide bonds. The molecule has 0 aromatic heterocycles. The largest absolute Gasteiger partial charge is 0.395 e. The Morgan fingerprint density at radius 2 is 2.19 bits per heavy atom.